The van der Waals surface area contributed by atoms with Crippen LogP contribution in [-0.4, -0.2) is 19.1 Å². The number of carbonyl (C=O) groups is 1. The first-order chi connectivity index (χ1) is 12.2. The van der Waals surface area contributed by atoms with Gasteiger partial charge in [-0.05, 0) is 43.5 Å². The Morgan fingerprint density at radius 1 is 1.08 bits per heavy atom. The van der Waals surface area contributed by atoms with Gasteiger partial charge >= 0.3 is 5.97 Å². The molecule has 4 nitrogen and oxygen atoms in total. The van der Waals surface area contributed by atoms with Gasteiger partial charge in [-0.1, -0.05) is 37.3 Å². The fourth-order valence-corrected chi connectivity index (χ4v) is 3.75. The lowest BCUT2D eigenvalue weighted by Crippen LogP contribution is -2.37. The molecule has 1 atom stereocenters. The van der Waals surface area contributed by atoms with E-state index in [1.807, 2.05) is 37.3 Å². The van der Waals surface area contributed by atoms with Crippen LogP contribution in [0.5, 0.6) is 0 Å². The fourth-order valence-electron chi connectivity index (χ4n) is 3.75. The Labute approximate surface area is 148 Å². The Hall–Kier alpha value is -2.75. The van der Waals surface area contributed by atoms with Crippen molar-refractivity contribution in [1.29, 1.82) is 0 Å². The first-order valence-electron chi connectivity index (χ1n) is 8.85. The number of fused-ring (bicyclic) bond motifs is 3. The predicted molar refractivity (Wildman–Crippen MR) is 99.8 cm³/mol. The van der Waals surface area contributed by atoms with Gasteiger partial charge in [0.05, 0.1) is 23.6 Å². The predicted octanol–water partition coefficient (Wildman–Crippen LogP) is 4.46. The average Bonchev–Trinajstić information content (AvgIpc) is 2.96. The minimum Gasteiger partial charge on any atom is -0.463 e. The summed E-state index contributed by atoms with van der Waals surface area (Å²) in [6, 6.07) is 18.5. The summed E-state index contributed by atoms with van der Waals surface area (Å²) in [6.07, 6.45) is 0.939. The molecule has 0 N–H and O–H groups in total. The minimum atomic E-state index is -0.205. The van der Waals surface area contributed by atoms with Crippen molar-refractivity contribution < 1.29 is 9.53 Å². The van der Waals surface area contributed by atoms with Crippen LogP contribution in [0.25, 0.3) is 0 Å². The fraction of sp³-hybridized carbons (Fsp3) is 0.286. The normalized spacial score (nSPS) is 18.9. The van der Waals surface area contributed by atoms with Gasteiger partial charge in [-0.15, -0.1) is 0 Å². The minimum absolute atomic E-state index is 0.172. The Bertz CT molecular complexity index is 829. The summed E-state index contributed by atoms with van der Waals surface area (Å²) in [5, 5.41) is 0. The highest BCUT2D eigenvalue weighted by atomic mass is 16.5. The van der Waals surface area contributed by atoms with Crippen LogP contribution in [0, 0.1) is 5.92 Å². The summed E-state index contributed by atoms with van der Waals surface area (Å²) in [7, 11) is 0. The number of hydrogen-bond acceptors (Lipinski definition) is 4. The molecule has 0 amide bonds. The van der Waals surface area contributed by atoms with Crippen LogP contribution in [0.2, 0.25) is 0 Å². The van der Waals surface area contributed by atoms with Crippen LogP contribution in [-0.2, 0) is 9.53 Å². The highest BCUT2D eigenvalue weighted by Gasteiger charge is 2.41. The van der Waals surface area contributed by atoms with Gasteiger partial charge in [-0.25, -0.2) is 4.79 Å². The maximum atomic E-state index is 12.7. The summed E-state index contributed by atoms with van der Waals surface area (Å²) >= 11 is 0. The molecule has 0 saturated heterocycles. The summed E-state index contributed by atoms with van der Waals surface area (Å²) < 4.78 is 5.39. The topological polar surface area (TPSA) is 32.8 Å². The van der Waals surface area contributed by atoms with Crippen LogP contribution in [0.15, 0.2) is 66.0 Å². The number of rotatable bonds is 3. The molecule has 2 aromatic rings. The summed E-state index contributed by atoms with van der Waals surface area (Å²) in [5.74, 6) is 0.916. The molecule has 0 aliphatic carbocycles. The standard InChI is InChI=1S/C21H22N2O2/c1-3-25-21(24)19-15(2)13-14-22-17-11-7-8-12-18(17)23(20(19)22)16-9-5-4-6-10-16/h4-12,15H,3,13-14H2,1-2H3. The highest BCUT2D eigenvalue weighted by Crippen LogP contribution is 2.49. The SMILES string of the molecule is CCOC(=O)C1=C2N(CCC1C)c1ccccc1N2c1ccccc1. The molecule has 1 unspecified atom stereocenters. The van der Waals surface area contributed by atoms with Crippen molar-refractivity contribution in [3.63, 3.8) is 0 Å². The molecule has 4 rings (SSSR count). The summed E-state index contributed by atoms with van der Waals surface area (Å²) in [6.45, 7) is 5.26. The van der Waals surface area contributed by atoms with E-state index < -0.39 is 0 Å². The molecular weight excluding hydrogens is 312 g/mol. The third-order valence-electron chi connectivity index (χ3n) is 4.91. The van der Waals surface area contributed by atoms with Crippen molar-refractivity contribution in [3.05, 3.63) is 66.0 Å². The number of anilines is 3. The van der Waals surface area contributed by atoms with Crippen molar-refractivity contribution in [3.8, 4) is 0 Å². The molecule has 0 radical (unpaired) electrons. The Morgan fingerprint density at radius 3 is 2.48 bits per heavy atom. The van der Waals surface area contributed by atoms with E-state index in [2.05, 4.69) is 41.0 Å². The molecule has 4 heteroatoms. The number of nitrogens with zero attached hydrogens (tertiary/aromatic N) is 2. The van der Waals surface area contributed by atoms with Crippen molar-refractivity contribution in [2.45, 2.75) is 20.3 Å². The zero-order valence-electron chi connectivity index (χ0n) is 14.6. The van der Waals surface area contributed by atoms with Crippen LogP contribution in [0.3, 0.4) is 0 Å². The average molecular weight is 334 g/mol. The maximum absolute atomic E-state index is 12.7. The monoisotopic (exact) mass is 334 g/mol. The number of hydrogen-bond donors (Lipinski definition) is 0. The molecule has 0 fully saturated rings. The Kier molecular flexibility index (Phi) is 3.96. The molecule has 2 aromatic carbocycles. The quantitative estimate of drug-likeness (QED) is 0.776. The summed E-state index contributed by atoms with van der Waals surface area (Å²) in [5.41, 5.74) is 4.09. The van der Waals surface area contributed by atoms with E-state index in [0.717, 1.165) is 41.4 Å². The zero-order valence-corrected chi connectivity index (χ0v) is 14.6. The maximum Gasteiger partial charge on any atom is 0.337 e. The first-order valence-corrected chi connectivity index (χ1v) is 8.85. The van der Waals surface area contributed by atoms with Gasteiger partial charge in [-0.2, -0.15) is 0 Å². The van der Waals surface area contributed by atoms with Crippen molar-refractivity contribution in [2.75, 3.05) is 23.0 Å². The van der Waals surface area contributed by atoms with E-state index in [9.17, 15) is 4.79 Å². The van der Waals surface area contributed by atoms with Gasteiger partial charge in [0.2, 0.25) is 0 Å². The third kappa shape index (κ3) is 2.49. The number of benzene rings is 2. The molecule has 0 spiro atoms. The molecule has 2 aliphatic heterocycles. The Morgan fingerprint density at radius 2 is 1.76 bits per heavy atom. The molecule has 2 aliphatic rings. The molecule has 2 heterocycles. The smallest absolute Gasteiger partial charge is 0.337 e. The van der Waals surface area contributed by atoms with Gasteiger partial charge in [-0.3, -0.25) is 4.90 Å². The second-order valence-electron chi connectivity index (χ2n) is 6.46. The van der Waals surface area contributed by atoms with E-state index in [0.29, 0.717) is 6.61 Å². The highest BCUT2D eigenvalue weighted by molar-refractivity contribution is 5.98. The van der Waals surface area contributed by atoms with Gasteiger partial charge in [0.15, 0.2) is 0 Å². The van der Waals surface area contributed by atoms with Crippen LogP contribution >= 0.6 is 0 Å². The van der Waals surface area contributed by atoms with Crippen molar-refractivity contribution in [2.24, 2.45) is 5.92 Å². The number of esters is 1. The van der Waals surface area contributed by atoms with Crippen LogP contribution in [0.1, 0.15) is 20.3 Å². The van der Waals surface area contributed by atoms with Crippen molar-refractivity contribution in [1.82, 2.24) is 0 Å². The molecule has 128 valence electrons. The van der Waals surface area contributed by atoms with Gasteiger partial charge in [0.25, 0.3) is 0 Å². The molecule has 0 aromatic heterocycles. The van der Waals surface area contributed by atoms with E-state index >= 15 is 0 Å². The largest absolute Gasteiger partial charge is 0.463 e. The second-order valence-corrected chi connectivity index (χ2v) is 6.46. The van der Waals surface area contributed by atoms with Crippen molar-refractivity contribution >= 4 is 23.0 Å². The van der Waals surface area contributed by atoms with Gasteiger partial charge < -0.3 is 9.64 Å². The number of ether oxygens (including phenoxy) is 1. The van der Waals surface area contributed by atoms with Gasteiger partial charge in [0, 0.05) is 12.2 Å². The molecule has 25 heavy (non-hydrogen) atoms. The lowest BCUT2D eigenvalue weighted by atomic mass is 9.93. The second kappa shape index (κ2) is 6.28. The Balaban J connectivity index is 1.95. The number of carbonyl (C=O) groups excluding carboxylic acids is 1. The van der Waals surface area contributed by atoms with E-state index in [-0.39, 0.29) is 11.9 Å². The van der Waals surface area contributed by atoms with E-state index in [4.69, 9.17) is 4.74 Å². The first kappa shape index (κ1) is 15.8. The zero-order chi connectivity index (χ0) is 17.4. The van der Waals surface area contributed by atoms with E-state index in [1.54, 1.807) is 0 Å². The molecule has 0 bridgehead atoms. The van der Waals surface area contributed by atoms with Crippen LogP contribution < -0.4 is 9.80 Å². The lowest BCUT2D eigenvalue weighted by Gasteiger charge is -2.34. The van der Waals surface area contributed by atoms with E-state index in [1.165, 1.54) is 0 Å². The lowest BCUT2D eigenvalue weighted by molar-refractivity contribution is -0.139. The molecule has 0 saturated carbocycles. The third-order valence-corrected chi connectivity index (χ3v) is 4.91. The number of para-hydroxylation sites is 3. The molecular formula is C21H22N2O2. The van der Waals surface area contributed by atoms with Crippen LogP contribution in [0.4, 0.5) is 17.1 Å². The summed E-state index contributed by atoms with van der Waals surface area (Å²) in [4.78, 5) is 17.2. The van der Waals surface area contributed by atoms with Gasteiger partial charge in [0.1, 0.15) is 5.82 Å².